The van der Waals surface area contributed by atoms with Crippen molar-refractivity contribution in [1.29, 1.82) is 0 Å². The van der Waals surface area contributed by atoms with Crippen LogP contribution in [-0.2, 0) is 28.9 Å². The number of aryl methyl sites for hydroxylation is 1. The number of ether oxygens (including phenoxy) is 2. The molecule has 2 heterocycles. The summed E-state index contributed by atoms with van der Waals surface area (Å²) in [7, 11) is 0. The van der Waals surface area contributed by atoms with Crippen molar-refractivity contribution in [1.82, 2.24) is 15.5 Å². The highest BCUT2D eigenvalue weighted by atomic mass is 16.5. The van der Waals surface area contributed by atoms with Gasteiger partial charge in [0.25, 0.3) is 5.91 Å². The van der Waals surface area contributed by atoms with Crippen LogP contribution in [0.25, 0.3) is 0 Å². The van der Waals surface area contributed by atoms with Gasteiger partial charge in [-0.3, -0.25) is 9.89 Å². The molecule has 2 aromatic rings. The molecule has 0 spiro atoms. The quantitative estimate of drug-likeness (QED) is 0.863. The number of nitrogens with one attached hydrogen (secondary N) is 2. The smallest absolute Gasteiger partial charge is 0.272 e. The van der Waals surface area contributed by atoms with Gasteiger partial charge in [-0.25, -0.2) is 0 Å². The van der Waals surface area contributed by atoms with Crippen LogP contribution in [0.1, 0.15) is 46.6 Å². The minimum Gasteiger partial charge on any atom is -0.379 e. The molecule has 0 saturated carbocycles. The summed E-state index contributed by atoms with van der Waals surface area (Å²) >= 11 is 0. The number of hydrogen-bond acceptors (Lipinski definition) is 4. The number of aromatic amines is 1. The summed E-state index contributed by atoms with van der Waals surface area (Å²) in [4.78, 5) is 12.8. The highest BCUT2D eigenvalue weighted by Gasteiger charge is 2.30. The van der Waals surface area contributed by atoms with Crippen LogP contribution in [0.3, 0.4) is 0 Å². The van der Waals surface area contributed by atoms with E-state index in [9.17, 15) is 4.79 Å². The molecule has 6 nitrogen and oxygen atoms in total. The molecule has 1 aliphatic carbocycles. The third-order valence-electron chi connectivity index (χ3n) is 5.20. The fraction of sp³-hybridized carbons (Fsp3) is 0.500. The van der Waals surface area contributed by atoms with Crippen LogP contribution >= 0.6 is 0 Å². The van der Waals surface area contributed by atoms with Crippen LogP contribution in [0, 0.1) is 0 Å². The van der Waals surface area contributed by atoms with Crippen LogP contribution in [0.15, 0.2) is 30.3 Å². The number of fused-ring (bicyclic) bond motifs is 1. The molecule has 2 N–H and O–H groups in total. The Labute approximate surface area is 153 Å². The number of H-pyrrole nitrogens is 1. The second-order valence-corrected chi connectivity index (χ2v) is 7.02. The number of carbonyl (C=O) groups excluding carboxylic acids is 1. The first-order chi connectivity index (χ1) is 12.8. The number of aromatic nitrogens is 2. The molecule has 1 aromatic carbocycles. The topological polar surface area (TPSA) is 76.2 Å². The fourth-order valence-corrected chi connectivity index (χ4v) is 3.72. The lowest BCUT2D eigenvalue weighted by molar-refractivity contribution is -0.0736. The molecule has 1 saturated heterocycles. The molecule has 2 aliphatic rings. The van der Waals surface area contributed by atoms with E-state index in [-0.39, 0.29) is 18.1 Å². The maximum Gasteiger partial charge on any atom is 0.272 e. The zero-order valence-electron chi connectivity index (χ0n) is 14.9. The van der Waals surface area contributed by atoms with Gasteiger partial charge in [-0.05, 0) is 37.7 Å². The molecule has 1 aromatic heterocycles. The molecule has 0 unspecified atom stereocenters. The molecular formula is C20H25N3O3. The minimum absolute atomic E-state index is 0.0593. The van der Waals surface area contributed by atoms with Gasteiger partial charge in [0.15, 0.2) is 5.69 Å². The van der Waals surface area contributed by atoms with E-state index in [1.54, 1.807) is 0 Å². The van der Waals surface area contributed by atoms with E-state index in [4.69, 9.17) is 9.47 Å². The Morgan fingerprint density at radius 1 is 1.27 bits per heavy atom. The third-order valence-corrected chi connectivity index (χ3v) is 5.20. The van der Waals surface area contributed by atoms with Gasteiger partial charge >= 0.3 is 0 Å². The van der Waals surface area contributed by atoms with Crippen molar-refractivity contribution in [3.05, 3.63) is 52.8 Å². The molecule has 1 aliphatic heterocycles. The van der Waals surface area contributed by atoms with Crippen LogP contribution in [-0.4, -0.2) is 41.5 Å². The van der Waals surface area contributed by atoms with Gasteiger partial charge in [-0.1, -0.05) is 30.3 Å². The summed E-state index contributed by atoms with van der Waals surface area (Å²) in [5.41, 5.74) is 3.87. The Morgan fingerprint density at radius 3 is 3.00 bits per heavy atom. The van der Waals surface area contributed by atoms with E-state index in [1.165, 1.54) is 0 Å². The first-order valence-corrected chi connectivity index (χ1v) is 9.41. The van der Waals surface area contributed by atoms with Gasteiger partial charge < -0.3 is 14.8 Å². The van der Waals surface area contributed by atoms with Crippen LogP contribution in [0.2, 0.25) is 0 Å². The first-order valence-electron chi connectivity index (χ1n) is 9.41. The van der Waals surface area contributed by atoms with Gasteiger partial charge in [0, 0.05) is 17.9 Å². The average molecular weight is 355 g/mol. The average Bonchev–Trinajstić information content (AvgIpc) is 3.12. The Morgan fingerprint density at radius 2 is 2.12 bits per heavy atom. The van der Waals surface area contributed by atoms with Crippen molar-refractivity contribution in [2.45, 2.75) is 50.9 Å². The van der Waals surface area contributed by atoms with Crippen molar-refractivity contribution in [3.63, 3.8) is 0 Å². The highest BCUT2D eigenvalue weighted by molar-refractivity contribution is 5.94. The Bertz CT molecular complexity index is 744. The molecule has 1 fully saturated rings. The first kappa shape index (κ1) is 17.2. The fourth-order valence-electron chi connectivity index (χ4n) is 3.72. The number of hydrogen-bond donors (Lipinski definition) is 2. The molecule has 0 radical (unpaired) electrons. The largest absolute Gasteiger partial charge is 0.379 e. The van der Waals surface area contributed by atoms with Crippen molar-refractivity contribution < 1.29 is 14.3 Å². The summed E-state index contributed by atoms with van der Waals surface area (Å²) in [6.45, 7) is 1.64. The minimum atomic E-state index is -0.150. The number of rotatable bonds is 5. The Kier molecular flexibility index (Phi) is 5.32. The van der Waals surface area contributed by atoms with E-state index in [0.29, 0.717) is 25.5 Å². The standard InChI is InChI=1S/C20H25N3O3/c24-20(19-15-8-4-5-9-16(15)22-23-19)21-17-10-11-25-13-18(17)26-12-14-6-2-1-3-7-14/h1-3,6-7,17-18H,4-5,8-13H2,(H,21,24)(H,22,23)/t17-,18-/m1/s1. The molecule has 138 valence electrons. The zero-order chi connectivity index (χ0) is 17.8. The zero-order valence-corrected chi connectivity index (χ0v) is 14.9. The predicted molar refractivity (Wildman–Crippen MR) is 96.9 cm³/mol. The Balaban J connectivity index is 1.40. The van der Waals surface area contributed by atoms with Crippen molar-refractivity contribution in [2.24, 2.45) is 0 Å². The van der Waals surface area contributed by atoms with Crippen molar-refractivity contribution in [3.8, 4) is 0 Å². The maximum absolute atomic E-state index is 12.8. The summed E-state index contributed by atoms with van der Waals surface area (Å²) in [5.74, 6) is -0.107. The lowest BCUT2D eigenvalue weighted by Gasteiger charge is -2.32. The summed E-state index contributed by atoms with van der Waals surface area (Å²) in [5, 5.41) is 10.4. The van der Waals surface area contributed by atoms with Gasteiger partial charge in [-0.2, -0.15) is 5.10 Å². The SMILES string of the molecule is O=C(N[C@@H]1CCOC[C@H]1OCc1ccccc1)c1n[nH]c2c1CCCC2. The molecule has 26 heavy (non-hydrogen) atoms. The Hall–Kier alpha value is -2.18. The number of benzene rings is 1. The third kappa shape index (κ3) is 3.81. The molecule has 6 heteroatoms. The van der Waals surface area contributed by atoms with Crippen molar-refractivity contribution in [2.75, 3.05) is 13.2 Å². The summed E-state index contributed by atoms with van der Waals surface area (Å²) in [6, 6.07) is 9.99. The van der Waals surface area contributed by atoms with Gasteiger partial charge in [0.05, 0.1) is 19.3 Å². The normalized spacial score (nSPS) is 22.6. The monoisotopic (exact) mass is 355 g/mol. The van der Waals surface area contributed by atoms with Crippen LogP contribution in [0.4, 0.5) is 0 Å². The molecule has 0 bridgehead atoms. The van der Waals surface area contributed by atoms with E-state index in [1.807, 2.05) is 30.3 Å². The van der Waals surface area contributed by atoms with E-state index >= 15 is 0 Å². The number of carbonyl (C=O) groups is 1. The van der Waals surface area contributed by atoms with Crippen LogP contribution < -0.4 is 5.32 Å². The maximum atomic E-state index is 12.8. The van der Waals surface area contributed by atoms with E-state index < -0.39 is 0 Å². The number of amides is 1. The second-order valence-electron chi connectivity index (χ2n) is 7.02. The molecule has 4 rings (SSSR count). The number of nitrogens with zero attached hydrogens (tertiary/aromatic N) is 1. The van der Waals surface area contributed by atoms with E-state index in [2.05, 4.69) is 15.5 Å². The molecule has 2 atom stereocenters. The molecular weight excluding hydrogens is 330 g/mol. The van der Waals surface area contributed by atoms with Gasteiger partial charge in [0.2, 0.25) is 0 Å². The lowest BCUT2D eigenvalue weighted by atomic mass is 9.95. The lowest BCUT2D eigenvalue weighted by Crippen LogP contribution is -2.50. The second kappa shape index (κ2) is 8.01. The summed E-state index contributed by atoms with van der Waals surface area (Å²) < 4.78 is 11.6. The summed E-state index contributed by atoms with van der Waals surface area (Å²) in [6.07, 6.45) is 4.78. The molecule has 1 amide bonds. The van der Waals surface area contributed by atoms with Crippen molar-refractivity contribution >= 4 is 5.91 Å². The predicted octanol–water partition coefficient (Wildman–Crippen LogP) is 2.39. The van der Waals surface area contributed by atoms with Crippen LogP contribution in [0.5, 0.6) is 0 Å². The van der Waals surface area contributed by atoms with E-state index in [0.717, 1.165) is 48.9 Å². The van der Waals surface area contributed by atoms with Gasteiger partial charge in [-0.15, -0.1) is 0 Å². The van der Waals surface area contributed by atoms with Gasteiger partial charge in [0.1, 0.15) is 6.10 Å². The highest BCUT2D eigenvalue weighted by Crippen LogP contribution is 2.22.